The van der Waals surface area contributed by atoms with Crippen LogP contribution in [0.5, 0.6) is 0 Å². The molecule has 0 aromatic heterocycles. The van der Waals surface area contributed by atoms with E-state index in [0.717, 1.165) is 18.8 Å². The largest absolute Gasteiger partial charge is 0.397 e. The van der Waals surface area contributed by atoms with Crippen LogP contribution in [0.2, 0.25) is 0 Å². The molecule has 4 nitrogen and oxygen atoms in total. The smallest absolute Gasteiger partial charge is 0.0568 e. The molecule has 0 aliphatic carbocycles. The number of nitrogens with zero attached hydrogens (tertiary/aromatic N) is 1. The Morgan fingerprint density at radius 2 is 2.18 bits per heavy atom. The summed E-state index contributed by atoms with van der Waals surface area (Å²) >= 11 is 0. The van der Waals surface area contributed by atoms with E-state index in [1.165, 1.54) is 19.4 Å². The second-order valence-corrected chi connectivity index (χ2v) is 4.65. The summed E-state index contributed by atoms with van der Waals surface area (Å²) in [6.07, 6.45) is 2.59. The van der Waals surface area contributed by atoms with Gasteiger partial charge in [0.2, 0.25) is 0 Å². The van der Waals surface area contributed by atoms with E-state index < -0.39 is 0 Å². The maximum atomic E-state index is 5.78. The normalized spacial score (nSPS) is 20.6. The molecular formula is C13H22N4. The predicted octanol–water partition coefficient (Wildman–Crippen LogP) is 1.75. The Hall–Kier alpha value is -1.42. The molecule has 4 heteroatoms. The zero-order chi connectivity index (χ0) is 12.3. The van der Waals surface area contributed by atoms with Gasteiger partial charge in [0.25, 0.3) is 0 Å². The maximum absolute atomic E-state index is 5.78. The van der Waals surface area contributed by atoms with Crippen LogP contribution in [0.1, 0.15) is 19.8 Å². The second kappa shape index (κ2) is 5.27. The van der Waals surface area contributed by atoms with Crippen LogP contribution in [0, 0.1) is 0 Å². The summed E-state index contributed by atoms with van der Waals surface area (Å²) in [4.78, 5) is 2.52. The molecule has 5 N–H and O–H groups in total. The molecule has 0 amide bonds. The fourth-order valence-electron chi connectivity index (χ4n) is 2.46. The standard InChI is InChI=1S/C13H22N4/c1-2-17-7-3-4-11(17)9-16-10-5-6-12(14)13(15)8-10/h5-6,8,11,16H,2-4,7,9,14-15H2,1H3. The van der Waals surface area contributed by atoms with Gasteiger partial charge in [0.1, 0.15) is 0 Å². The lowest BCUT2D eigenvalue weighted by Gasteiger charge is -2.23. The minimum Gasteiger partial charge on any atom is -0.397 e. The van der Waals surface area contributed by atoms with Crippen LogP contribution in [0.15, 0.2) is 18.2 Å². The molecule has 1 saturated heterocycles. The van der Waals surface area contributed by atoms with Crippen molar-refractivity contribution in [3.05, 3.63) is 18.2 Å². The van der Waals surface area contributed by atoms with Crippen LogP contribution in [0.25, 0.3) is 0 Å². The van der Waals surface area contributed by atoms with Gasteiger partial charge in [-0.15, -0.1) is 0 Å². The van der Waals surface area contributed by atoms with Crippen molar-refractivity contribution in [1.82, 2.24) is 4.90 Å². The van der Waals surface area contributed by atoms with Gasteiger partial charge in [-0.3, -0.25) is 4.90 Å². The van der Waals surface area contributed by atoms with E-state index in [-0.39, 0.29) is 0 Å². The number of anilines is 3. The molecule has 94 valence electrons. The van der Waals surface area contributed by atoms with Crippen molar-refractivity contribution in [1.29, 1.82) is 0 Å². The van der Waals surface area contributed by atoms with Crippen LogP contribution in [-0.4, -0.2) is 30.6 Å². The maximum Gasteiger partial charge on any atom is 0.0568 e. The fraction of sp³-hybridized carbons (Fsp3) is 0.538. The Bertz CT molecular complexity index is 378. The summed E-state index contributed by atoms with van der Waals surface area (Å²) in [6, 6.07) is 6.39. The first-order valence-electron chi connectivity index (χ1n) is 6.33. The van der Waals surface area contributed by atoms with E-state index in [2.05, 4.69) is 17.1 Å². The zero-order valence-corrected chi connectivity index (χ0v) is 10.4. The third-order valence-electron chi connectivity index (χ3n) is 3.53. The first-order valence-corrected chi connectivity index (χ1v) is 6.33. The molecule has 17 heavy (non-hydrogen) atoms. The molecule has 2 rings (SSSR count). The number of likely N-dealkylation sites (tertiary alicyclic amines) is 1. The van der Waals surface area contributed by atoms with Crippen molar-refractivity contribution in [3.8, 4) is 0 Å². The number of benzene rings is 1. The second-order valence-electron chi connectivity index (χ2n) is 4.65. The van der Waals surface area contributed by atoms with Crippen molar-refractivity contribution in [2.75, 3.05) is 36.4 Å². The first-order chi connectivity index (χ1) is 8.20. The lowest BCUT2D eigenvalue weighted by molar-refractivity contribution is 0.277. The predicted molar refractivity (Wildman–Crippen MR) is 74.0 cm³/mol. The molecule has 0 spiro atoms. The molecule has 0 saturated carbocycles. The molecule has 1 aliphatic rings. The Morgan fingerprint density at radius 1 is 1.35 bits per heavy atom. The van der Waals surface area contributed by atoms with Gasteiger partial charge >= 0.3 is 0 Å². The van der Waals surface area contributed by atoms with Gasteiger partial charge in [0, 0.05) is 18.3 Å². The third kappa shape index (κ3) is 2.82. The van der Waals surface area contributed by atoms with E-state index in [4.69, 9.17) is 11.5 Å². The minimum atomic E-state index is 0.645. The van der Waals surface area contributed by atoms with Gasteiger partial charge in [-0.25, -0.2) is 0 Å². The van der Waals surface area contributed by atoms with Crippen molar-refractivity contribution in [3.63, 3.8) is 0 Å². The lowest BCUT2D eigenvalue weighted by atomic mass is 10.2. The number of rotatable bonds is 4. The fourth-order valence-corrected chi connectivity index (χ4v) is 2.46. The van der Waals surface area contributed by atoms with Crippen LogP contribution >= 0.6 is 0 Å². The van der Waals surface area contributed by atoms with Crippen LogP contribution in [0.3, 0.4) is 0 Å². The topological polar surface area (TPSA) is 67.3 Å². The average molecular weight is 234 g/mol. The number of hydrogen-bond donors (Lipinski definition) is 3. The molecule has 1 fully saturated rings. The lowest BCUT2D eigenvalue weighted by Crippen LogP contribution is -2.34. The van der Waals surface area contributed by atoms with Crippen molar-refractivity contribution in [2.24, 2.45) is 0 Å². The summed E-state index contributed by atoms with van der Waals surface area (Å²) in [5.41, 5.74) is 13.8. The van der Waals surface area contributed by atoms with E-state index in [1.54, 1.807) is 0 Å². The van der Waals surface area contributed by atoms with E-state index >= 15 is 0 Å². The summed E-state index contributed by atoms with van der Waals surface area (Å²) in [7, 11) is 0. The number of nitrogens with two attached hydrogens (primary N) is 2. The summed E-state index contributed by atoms with van der Waals surface area (Å²) in [6.45, 7) is 5.57. The molecule has 0 radical (unpaired) electrons. The van der Waals surface area contributed by atoms with Gasteiger partial charge in [0.15, 0.2) is 0 Å². The monoisotopic (exact) mass is 234 g/mol. The molecular weight excluding hydrogens is 212 g/mol. The highest BCUT2D eigenvalue weighted by atomic mass is 15.2. The molecule has 0 bridgehead atoms. The molecule has 1 atom stereocenters. The van der Waals surface area contributed by atoms with E-state index in [1.807, 2.05) is 18.2 Å². The number of hydrogen-bond acceptors (Lipinski definition) is 4. The zero-order valence-electron chi connectivity index (χ0n) is 10.4. The van der Waals surface area contributed by atoms with Crippen LogP contribution in [0.4, 0.5) is 17.1 Å². The summed E-state index contributed by atoms with van der Waals surface area (Å²) in [5.74, 6) is 0. The van der Waals surface area contributed by atoms with Gasteiger partial charge in [-0.05, 0) is 44.1 Å². The molecule has 1 unspecified atom stereocenters. The Morgan fingerprint density at radius 3 is 2.88 bits per heavy atom. The molecule has 1 aromatic carbocycles. The Labute approximate surface area is 103 Å². The highest BCUT2D eigenvalue weighted by Crippen LogP contribution is 2.21. The molecule has 1 heterocycles. The van der Waals surface area contributed by atoms with Crippen LogP contribution < -0.4 is 16.8 Å². The van der Waals surface area contributed by atoms with Crippen LogP contribution in [-0.2, 0) is 0 Å². The van der Waals surface area contributed by atoms with Crippen molar-refractivity contribution >= 4 is 17.1 Å². The quantitative estimate of drug-likeness (QED) is 0.694. The van der Waals surface area contributed by atoms with Crippen molar-refractivity contribution < 1.29 is 0 Å². The summed E-state index contributed by atoms with van der Waals surface area (Å²) < 4.78 is 0. The SMILES string of the molecule is CCN1CCCC1CNc1ccc(N)c(N)c1. The Balaban J connectivity index is 1.91. The Kier molecular flexibility index (Phi) is 3.74. The van der Waals surface area contributed by atoms with Gasteiger partial charge in [-0.2, -0.15) is 0 Å². The van der Waals surface area contributed by atoms with Gasteiger partial charge in [0.05, 0.1) is 11.4 Å². The highest BCUT2D eigenvalue weighted by Gasteiger charge is 2.22. The number of nitrogens with one attached hydrogen (secondary N) is 1. The molecule has 1 aromatic rings. The van der Waals surface area contributed by atoms with E-state index in [9.17, 15) is 0 Å². The van der Waals surface area contributed by atoms with Gasteiger partial charge in [-0.1, -0.05) is 6.92 Å². The first kappa shape index (κ1) is 12.0. The van der Waals surface area contributed by atoms with Crippen molar-refractivity contribution in [2.45, 2.75) is 25.8 Å². The van der Waals surface area contributed by atoms with E-state index in [0.29, 0.717) is 17.4 Å². The minimum absolute atomic E-state index is 0.645. The third-order valence-corrected chi connectivity index (χ3v) is 3.53. The average Bonchev–Trinajstić information content (AvgIpc) is 2.78. The number of likely N-dealkylation sites (N-methyl/N-ethyl adjacent to an activating group) is 1. The van der Waals surface area contributed by atoms with Gasteiger partial charge < -0.3 is 16.8 Å². The summed E-state index contributed by atoms with van der Waals surface area (Å²) in [5, 5.41) is 3.44. The number of nitrogen functional groups attached to an aromatic ring is 2. The highest BCUT2D eigenvalue weighted by molar-refractivity contribution is 5.69. The molecule has 1 aliphatic heterocycles.